The zero-order valence-corrected chi connectivity index (χ0v) is 16.4. The van der Waals surface area contributed by atoms with E-state index in [1.165, 1.54) is 25.0 Å². The van der Waals surface area contributed by atoms with Crippen LogP contribution in [0.2, 0.25) is 0 Å². The van der Waals surface area contributed by atoms with E-state index in [0.717, 1.165) is 35.7 Å². The number of nitrogens with zero attached hydrogens (tertiary/aromatic N) is 6. The Kier molecular flexibility index (Phi) is 4.41. The molecule has 1 amide bonds. The molecule has 0 radical (unpaired) electrons. The predicted octanol–water partition coefficient (Wildman–Crippen LogP) is 2.36. The summed E-state index contributed by atoms with van der Waals surface area (Å²) in [4.78, 5) is 14.7. The first kappa shape index (κ1) is 18.0. The Labute approximate surface area is 168 Å². The van der Waals surface area contributed by atoms with E-state index < -0.39 is 0 Å². The number of amides is 1. The SMILES string of the molecule is Cn1nc(-c2nncn2CC2CC2)c2c1CCN(C(=O)Cc1cccc(F)c1)C2. The summed E-state index contributed by atoms with van der Waals surface area (Å²) in [5.41, 5.74) is 3.67. The molecule has 0 atom stereocenters. The number of fused-ring (bicyclic) bond motifs is 1. The Morgan fingerprint density at radius 3 is 2.97 bits per heavy atom. The van der Waals surface area contributed by atoms with E-state index in [0.29, 0.717) is 24.6 Å². The number of aryl methyl sites for hydroxylation is 1. The number of carbonyl (C=O) groups is 1. The van der Waals surface area contributed by atoms with Gasteiger partial charge >= 0.3 is 0 Å². The minimum Gasteiger partial charge on any atom is -0.338 e. The Morgan fingerprint density at radius 1 is 1.31 bits per heavy atom. The molecule has 1 aliphatic carbocycles. The van der Waals surface area contributed by atoms with Gasteiger partial charge in [0.05, 0.1) is 6.42 Å². The van der Waals surface area contributed by atoms with Gasteiger partial charge in [-0.05, 0) is 36.5 Å². The van der Waals surface area contributed by atoms with Crippen LogP contribution >= 0.6 is 0 Å². The molecule has 8 heteroatoms. The molecule has 150 valence electrons. The second kappa shape index (κ2) is 7.09. The number of rotatable bonds is 5. The quantitative estimate of drug-likeness (QED) is 0.666. The molecule has 7 nitrogen and oxygen atoms in total. The van der Waals surface area contributed by atoms with E-state index in [-0.39, 0.29) is 18.1 Å². The number of hydrogen-bond acceptors (Lipinski definition) is 4. The van der Waals surface area contributed by atoms with E-state index in [9.17, 15) is 9.18 Å². The molecule has 1 aliphatic heterocycles. The lowest BCUT2D eigenvalue weighted by Crippen LogP contribution is -2.37. The first-order chi connectivity index (χ1) is 14.1. The normalized spacial score (nSPS) is 16.1. The molecule has 0 bridgehead atoms. The lowest BCUT2D eigenvalue weighted by Gasteiger charge is -2.28. The van der Waals surface area contributed by atoms with Crippen molar-refractivity contribution in [2.45, 2.75) is 38.8 Å². The molecule has 0 unspecified atom stereocenters. The van der Waals surface area contributed by atoms with Crippen molar-refractivity contribution in [1.29, 1.82) is 0 Å². The highest BCUT2D eigenvalue weighted by atomic mass is 19.1. The van der Waals surface area contributed by atoms with Crippen molar-refractivity contribution < 1.29 is 9.18 Å². The topological polar surface area (TPSA) is 68.8 Å². The van der Waals surface area contributed by atoms with Crippen molar-refractivity contribution in [1.82, 2.24) is 29.4 Å². The second-order valence-corrected chi connectivity index (χ2v) is 8.02. The van der Waals surface area contributed by atoms with E-state index >= 15 is 0 Å². The highest BCUT2D eigenvalue weighted by molar-refractivity contribution is 5.79. The molecule has 1 aromatic carbocycles. The maximum absolute atomic E-state index is 13.5. The summed E-state index contributed by atoms with van der Waals surface area (Å²) in [6.45, 7) is 2.04. The fraction of sp³-hybridized carbons (Fsp3) is 0.429. The van der Waals surface area contributed by atoms with Crippen LogP contribution in [-0.4, -0.2) is 41.9 Å². The molecule has 5 rings (SSSR count). The number of halogens is 1. The van der Waals surface area contributed by atoms with Gasteiger partial charge in [-0.3, -0.25) is 9.48 Å². The van der Waals surface area contributed by atoms with Gasteiger partial charge in [-0.1, -0.05) is 12.1 Å². The molecule has 2 aromatic heterocycles. The third-order valence-electron chi connectivity index (χ3n) is 5.82. The summed E-state index contributed by atoms with van der Waals surface area (Å²) in [6, 6.07) is 6.23. The van der Waals surface area contributed by atoms with Crippen LogP contribution in [0.3, 0.4) is 0 Å². The molecule has 3 heterocycles. The smallest absolute Gasteiger partial charge is 0.227 e. The zero-order valence-electron chi connectivity index (χ0n) is 16.4. The van der Waals surface area contributed by atoms with Gasteiger partial charge in [0.25, 0.3) is 0 Å². The molecule has 2 aliphatic rings. The van der Waals surface area contributed by atoms with Crippen molar-refractivity contribution in [2.75, 3.05) is 6.54 Å². The third-order valence-corrected chi connectivity index (χ3v) is 5.82. The Balaban J connectivity index is 1.40. The van der Waals surface area contributed by atoms with Gasteiger partial charge < -0.3 is 9.47 Å². The summed E-state index contributed by atoms with van der Waals surface area (Å²) in [5, 5.41) is 13.1. The molecule has 1 fully saturated rings. The lowest BCUT2D eigenvalue weighted by molar-refractivity contribution is -0.131. The average molecular weight is 394 g/mol. The molecule has 1 saturated carbocycles. The summed E-state index contributed by atoms with van der Waals surface area (Å²) >= 11 is 0. The lowest BCUT2D eigenvalue weighted by atomic mass is 10.0. The van der Waals surface area contributed by atoms with Crippen molar-refractivity contribution in [3.8, 4) is 11.5 Å². The number of aromatic nitrogens is 5. The molecular weight excluding hydrogens is 371 g/mol. The molecule has 0 N–H and O–H groups in total. The van der Waals surface area contributed by atoms with Gasteiger partial charge in [-0.2, -0.15) is 5.10 Å². The summed E-state index contributed by atoms with van der Waals surface area (Å²) < 4.78 is 17.4. The minimum absolute atomic E-state index is 0.00417. The first-order valence-corrected chi connectivity index (χ1v) is 10.0. The standard InChI is InChI=1S/C21H23FN6O/c1-26-18-7-8-27(19(29)10-15-3-2-4-16(22)9-15)12-17(18)20(25-26)21-24-23-13-28(21)11-14-5-6-14/h2-4,9,13-14H,5-8,10-12H2,1H3. The molecule has 0 spiro atoms. The summed E-state index contributed by atoms with van der Waals surface area (Å²) in [7, 11) is 1.94. The summed E-state index contributed by atoms with van der Waals surface area (Å²) in [6.07, 6.45) is 5.20. The van der Waals surface area contributed by atoms with Crippen LogP contribution in [0.5, 0.6) is 0 Å². The van der Waals surface area contributed by atoms with Crippen molar-refractivity contribution in [3.05, 3.63) is 53.2 Å². The van der Waals surface area contributed by atoms with Gasteiger partial charge in [0.1, 0.15) is 17.8 Å². The van der Waals surface area contributed by atoms with Crippen LogP contribution in [0.25, 0.3) is 11.5 Å². The van der Waals surface area contributed by atoms with Gasteiger partial charge in [0.15, 0.2) is 5.82 Å². The van der Waals surface area contributed by atoms with Gasteiger partial charge in [-0.25, -0.2) is 4.39 Å². The Bertz CT molecular complexity index is 1070. The molecule has 3 aromatic rings. The highest BCUT2D eigenvalue weighted by Gasteiger charge is 2.30. The molecule has 0 saturated heterocycles. The highest BCUT2D eigenvalue weighted by Crippen LogP contribution is 2.33. The van der Waals surface area contributed by atoms with Crippen LogP contribution in [0.4, 0.5) is 4.39 Å². The summed E-state index contributed by atoms with van der Waals surface area (Å²) in [5.74, 6) is 1.15. The largest absolute Gasteiger partial charge is 0.338 e. The fourth-order valence-electron chi connectivity index (χ4n) is 4.07. The Morgan fingerprint density at radius 2 is 2.17 bits per heavy atom. The fourth-order valence-corrected chi connectivity index (χ4v) is 4.07. The minimum atomic E-state index is -0.319. The molecule has 29 heavy (non-hydrogen) atoms. The van der Waals surface area contributed by atoms with Gasteiger partial charge in [-0.15, -0.1) is 10.2 Å². The maximum atomic E-state index is 13.5. The number of carbonyl (C=O) groups excluding carboxylic acids is 1. The first-order valence-electron chi connectivity index (χ1n) is 10.0. The van der Waals surface area contributed by atoms with Gasteiger partial charge in [0, 0.05) is 44.4 Å². The van der Waals surface area contributed by atoms with E-state index in [1.807, 2.05) is 16.6 Å². The Hall–Kier alpha value is -3.03. The monoisotopic (exact) mass is 394 g/mol. The maximum Gasteiger partial charge on any atom is 0.227 e. The molecular formula is C21H23FN6O. The van der Waals surface area contributed by atoms with E-state index in [1.54, 1.807) is 18.5 Å². The van der Waals surface area contributed by atoms with Crippen LogP contribution in [0.15, 0.2) is 30.6 Å². The van der Waals surface area contributed by atoms with Crippen molar-refractivity contribution >= 4 is 5.91 Å². The van der Waals surface area contributed by atoms with Crippen LogP contribution in [0, 0.1) is 11.7 Å². The number of hydrogen-bond donors (Lipinski definition) is 0. The second-order valence-electron chi connectivity index (χ2n) is 8.02. The van der Waals surface area contributed by atoms with Crippen LogP contribution in [0.1, 0.15) is 29.7 Å². The van der Waals surface area contributed by atoms with E-state index in [4.69, 9.17) is 5.10 Å². The zero-order chi connectivity index (χ0) is 20.0. The van der Waals surface area contributed by atoms with Crippen LogP contribution in [-0.2, 0) is 37.8 Å². The van der Waals surface area contributed by atoms with Crippen LogP contribution < -0.4 is 0 Å². The number of benzene rings is 1. The average Bonchev–Trinajstić information content (AvgIpc) is 3.30. The predicted molar refractivity (Wildman–Crippen MR) is 104 cm³/mol. The van der Waals surface area contributed by atoms with Gasteiger partial charge in [0.2, 0.25) is 5.91 Å². The third kappa shape index (κ3) is 3.54. The van der Waals surface area contributed by atoms with Crippen molar-refractivity contribution in [3.63, 3.8) is 0 Å². The van der Waals surface area contributed by atoms with Crippen molar-refractivity contribution in [2.24, 2.45) is 13.0 Å². The van der Waals surface area contributed by atoms with E-state index in [2.05, 4.69) is 14.8 Å².